The molecule has 3 rings (SSSR count). The van der Waals surface area contributed by atoms with Gasteiger partial charge >= 0.3 is 11.9 Å². The lowest BCUT2D eigenvalue weighted by atomic mass is 10.2. The number of esters is 2. The van der Waals surface area contributed by atoms with E-state index in [0.717, 1.165) is 0 Å². The van der Waals surface area contributed by atoms with E-state index in [2.05, 4.69) is 0 Å². The Labute approximate surface area is 185 Å². The molecule has 166 valence electrons. The van der Waals surface area contributed by atoms with E-state index < -0.39 is 11.9 Å². The van der Waals surface area contributed by atoms with E-state index in [-0.39, 0.29) is 17.1 Å². The standard InChI is InChI=1S/C24H22O8/c1-27-17-9-5-15(6-10-17)23(25)31-18-11-7-16(8-12-18)24(26)32-19-13-20(28-2)22(30-4)21(14-19)29-3/h5-14H,1-4H3. The van der Waals surface area contributed by atoms with Crippen LogP contribution < -0.4 is 28.4 Å². The lowest BCUT2D eigenvalue weighted by molar-refractivity contribution is 0.0729. The summed E-state index contributed by atoms with van der Waals surface area (Å²) < 4.78 is 31.6. The minimum absolute atomic E-state index is 0.222. The Kier molecular flexibility index (Phi) is 7.17. The summed E-state index contributed by atoms with van der Waals surface area (Å²) in [6, 6.07) is 15.6. The van der Waals surface area contributed by atoms with Crippen LogP contribution in [0.4, 0.5) is 0 Å². The quantitative estimate of drug-likeness (QED) is 0.383. The van der Waals surface area contributed by atoms with E-state index in [1.54, 1.807) is 31.4 Å². The van der Waals surface area contributed by atoms with Crippen LogP contribution in [-0.2, 0) is 0 Å². The Hall–Kier alpha value is -4.20. The zero-order chi connectivity index (χ0) is 23.1. The Morgan fingerprint density at radius 2 is 0.969 bits per heavy atom. The van der Waals surface area contributed by atoms with Crippen molar-refractivity contribution in [1.82, 2.24) is 0 Å². The van der Waals surface area contributed by atoms with Crippen LogP contribution >= 0.6 is 0 Å². The number of hydrogen-bond acceptors (Lipinski definition) is 8. The van der Waals surface area contributed by atoms with Crippen molar-refractivity contribution in [3.8, 4) is 34.5 Å². The fraction of sp³-hybridized carbons (Fsp3) is 0.167. The molecule has 0 fully saturated rings. The van der Waals surface area contributed by atoms with Crippen LogP contribution in [0, 0.1) is 0 Å². The van der Waals surface area contributed by atoms with Gasteiger partial charge in [-0.05, 0) is 48.5 Å². The molecule has 0 saturated carbocycles. The second-order valence-electron chi connectivity index (χ2n) is 6.39. The summed E-state index contributed by atoms with van der Waals surface area (Å²) >= 11 is 0. The second kappa shape index (κ2) is 10.2. The van der Waals surface area contributed by atoms with Crippen LogP contribution in [0.3, 0.4) is 0 Å². The zero-order valence-corrected chi connectivity index (χ0v) is 18.0. The van der Waals surface area contributed by atoms with Crippen molar-refractivity contribution < 1.29 is 38.0 Å². The lowest BCUT2D eigenvalue weighted by Crippen LogP contribution is -2.10. The van der Waals surface area contributed by atoms with Crippen molar-refractivity contribution in [3.63, 3.8) is 0 Å². The maximum Gasteiger partial charge on any atom is 0.343 e. The monoisotopic (exact) mass is 438 g/mol. The molecule has 0 aliphatic carbocycles. The molecule has 0 aliphatic heterocycles. The molecule has 8 nitrogen and oxygen atoms in total. The Morgan fingerprint density at radius 3 is 1.38 bits per heavy atom. The van der Waals surface area contributed by atoms with Gasteiger partial charge in [0.15, 0.2) is 11.5 Å². The average molecular weight is 438 g/mol. The van der Waals surface area contributed by atoms with Crippen molar-refractivity contribution in [1.29, 1.82) is 0 Å². The molecule has 0 aliphatic rings. The molecule has 3 aromatic carbocycles. The molecular formula is C24H22O8. The number of ether oxygens (including phenoxy) is 6. The molecule has 0 heterocycles. The first-order chi connectivity index (χ1) is 15.5. The summed E-state index contributed by atoms with van der Waals surface area (Å²) in [6.07, 6.45) is 0. The predicted octanol–water partition coefficient (Wildman–Crippen LogP) is 4.16. The number of carbonyl (C=O) groups excluding carboxylic acids is 2. The zero-order valence-electron chi connectivity index (χ0n) is 18.0. The van der Waals surface area contributed by atoms with E-state index >= 15 is 0 Å². The van der Waals surface area contributed by atoms with Crippen molar-refractivity contribution >= 4 is 11.9 Å². The molecule has 8 heteroatoms. The summed E-state index contributed by atoms with van der Waals surface area (Å²) in [5.41, 5.74) is 0.639. The smallest absolute Gasteiger partial charge is 0.343 e. The lowest BCUT2D eigenvalue weighted by Gasteiger charge is -2.14. The molecule has 0 N–H and O–H groups in total. The maximum atomic E-state index is 12.5. The Bertz CT molecular complexity index is 1060. The third-order valence-electron chi connectivity index (χ3n) is 4.48. The normalized spacial score (nSPS) is 10.1. The predicted molar refractivity (Wildman–Crippen MR) is 115 cm³/mol. The number of benzene rings is 3. The minimum atomic E-state index is -0.604. The SMILES string of the molecule is COc1ccc(C(=O)Oc2ccc(C(=O)Oc3cc(OC)c(OC)c(OC)c3)cc2)cc1. The van der Waals surface area contributed by atoms with Gasteiger partial charge in [-0.15, -0.1) is 0 Å². The van der Waals surface area contributed by atoms with Gasteiger partial charge in [0.1, 0.15) is 17.2 Å². The number of methoxy groups -OCH3 is 4. The second-order valence-corrected chi connectivity index (χ2v) is 6.39. The molecule has 0 saturated heterocycles. The summed E-state index contributed by atoms with van der Waals surface area (Å²) in [4.78, 5) is 24.8. The summed E-state index contributed by atoms with van der Waals surface area (Å²) in [7, 11) is 5.96. The molecule has 0 atom stereocenters. The van der Waals surface area contributed by atoms with Gasteiger partial charge < -0.3 is 28.4 Å². The molecular weight excluding hydrogens is 416 g/mol. The molecule has 32 heavy (non-hydrogen) atoms. The van der Waals surface area contributed by atoms with Crippen LogP contribution in [0.5, 0.6) is 34.5 Å². The van der Waals surface area contributed by atoms with Gasteiger partial charge in [-0.2, -0.15) is 0 Å². The maximum absolute atomic E-state index is 12.5. The highest BCUT2D eigenvalue weighted by molar-refractivity contribution is 5.92. The Morgan fingerprint density at radius 1 is 0.531 bits per heavy atom. The first-order valence-electron chi connectivity index (χ1n) is 9.47. The number of carbonyl (C=O) groups is 2. The van der Waals surface area contributed by atoms with Gasteiger partial charge in [-0.3, -0.25) is 0 Å². The summed E-state index contributed by atoms with van der Waals surface area (Å²) in [6.45, 7) is 0. The third-order valence-corrected chi connectivity index (χ3v) is 4.48. The van der Waals surface area contributed by atoms with E-state index in [1.165, 1.54) is 57.7 Å². The van der Waals surface area contributed by atoms with E-state index in [1.807, 2.05) is 0 Å². The number of hydrogen-bond donors (Lipinski definition) is 0. The molecule has 0 unspecified atom stereocenters. The average Bonchev–Trinajstić information content (AvgIpc) is 2.83. The fourth-order valence-corrected chi connectivity index (χ4v) is 2.83. The van der Waals surface area contributed by atoms with Gasteiger partial charge in [0.2, 0.25) is 5.75 Å². The van der Waals surface area contributed by atoms with Crippen LogP contribution in [0.1, 0.15) is 20.7 Å². The molecule has 0 bridgehead atoms. The van der Waals surface area contributed by atoms with Gasteiger partial charge in [0, 0.05) is 12.1 Å². The van der Waals surface area contributed by atoms with Gasteiger partial charge in [-0.25, -0.2) is 9.59 Å². The van der Waals surface area contributed by atoms with Gasteiger partial charge in [0.25, 0.3) is 0 Å². The first kappa shape index (κ1) is 22.5. The molecule has 0 aromatic heterocycles. The van der Waals surface area contributed by atoms with E-state index in [4.69, 9.17) is 28.4 Å². The van der Waals surface area contributed by atoms with Crippen molar-refractivity contribution in [2.24, 2.45) is 0 Å². The van der Waals surface area contributed by atoms with E-state index in [9.17, 15) is 9.59 Å². The van der Waals surface area contributed by atoms with Crippen LogP contribution in [0.2, 0.25) is 0 Å². The molecule has 3 aromatic rings. The largest absolute Gasteiger partial charge is 0.497 e. The highest BCUT2D eigenvalue weighted by atomic mass is 16.6. The minimum Gasteiger partial charge on any atom is -0.497 e. The first-order valence-corrected chi connectivity index (χ1v) is 9.47. The molecule has 0 amide bonds. The van der Waals surface area contributed by atoms with Crippen molar-refractivity contribution in [2.45, 2.75) is 0 Å². The van der Waals surface area contributed by atoms with E-state index in [0.29, 0.717) is 28.6 Å². The highest BCUT2D eigenvalue weighted by Gasteiger charge is 2.17. The van der Waals surface area contributed by atoms with Crippen LogP contribution in [-0.4, -0.2) is 40.4 Å². The summed E-state index contributed by atoms with van der Waals surface area (Å²) in [5.74, 6) is 1.11. The van der Waals surface area contributed by atoms with Gasteiger partial charge in [-0.1, -0.05) is 0 Å². The molecule has 0 spiro atoms. The molecule has 0 radical (unpaired) electrons. The highest BCUT2D eigenvalue weighted by Crippen LogP contribution is 2.41. The fourth-order valence-electron chi connectivity index (χ4n) is 2.83. The topological polar surface area (TPSA) is 89.5 Å². The van der Waals surface area contributed by atoms with Crippen molar-refractivity contribution in [3.05, 3.63) is 71.8 Å². The van der Waals surface area contributed by atoms with Crippen LogP contribution in [0.25, 0.3) is 0 Å². The number of rotatable bonds is 8. The Balaban J connectivity index is 1.69. The third kappa shape index (κ3) is 5.10. The van der Waals surface area contributed by atoms with Gasteiger partial charge in [0.05, 0.1) is 39.6 Å². The summed E-state index contributed by atoms with van der Waals surface area (Å²) in [5, 5.41) is 0. The van der Waals surface area contributed by atoms with Crippen LogP contribution in [0.15, 0.2) is 60.7 Å². The van der Waals surface area contributed by atoms with Crippen molar-refractivity contribution in [2.75, 3.05) is 28.4 Å².